The molecule has 0 aromatic heterocycles. The van der Waals surface area contributed by atoms with Crippen molar-refractivity contribution in [2.75, 3.05) is 6.61 Å². The van der Waals surface area contributed by atoms with E-state index in [1.54, 1.807) is 6.92 Å². The summed E-state index contributed by atoms with van der Waals surface area (Å²) in [6.07, 6.45) is 15.9. The van der Waals surface area contributed by atoms with Crippen LogP contribution in [0, 0.1) is 0 Å². The Kier molecular flexibility index (Phi) is 15.1. The summed E-state index contributed by atoms with van der Waals surface area (Å²) < 4.78 is 4.76. The van der Waals surface area contributed by atoms with E-state index in [-0.39, 0.29) is 6.04 Å². The van der Waals surface area contributed by atoms with Crippen LogP contribution >= 0.6 is 0 Å². The molecule has 0 aromatic rings. The topological polar surface area (TPSA) is 50.7 Å². The molecule has 0 bridgehead atoms. The molecule has 0 heterocycles. The van der Waals surface area contributed by atoms with Crippen LogP contribution in [0.2, 0.25) is 0 Å². The van der Waals surface area contributed by atoms with Gasteiger partial charge in [-0.2, -0.15) is 5.10 Å². The van der Waals surface area contributed by atoms with Crippen molar-refractivity contribution < 1.29 is 9.53 Å². The van der Waals surface area contributed by atoms with E-state index in [1.165, 1.54) is 57.6 Å². The number of unbranched alkanes of at least 4 members (excludes halogenated alkanes) is 8. The average molecular weight is 310 g/mol. The molecule has 0 aromatic carbocycles. The van der Waals surface area contributed by atoms with Gasteiger partial charge in [-0.05, 0) is 13.3 Å². The van der Waals surface area contributed by atoms with Crippen LogP contribution in [0.5, 0.6) is 0 Å². The standard InChI is InChI=1S/C18H34N2O2/c1-4-7-8-9-10-11-12-13-14-15-17(5-2)20-19-16-18(21)22-6-3/h5,16-17,20H,2,4,6-15H2,1,3H3/b19-16+. The van der Waals surface area contributed by atoms with Gasteiger partial charge in [0.15, 0.2) is 0 Å². The molecule has 0 radical (unpaired) electrons. The van der Waals surface area contributed by atoms with Crippen LogP contribution in [0.3, 0.4) is 0 Å². The van der Waals surface area contributed by atoms with Crippen molar-refractivity contribution in [3.63, 3.8) is 0 Å². The minimum Gasteiger partial charge on any atom is -0.462 e. The largest absolute Gasteiger partial charge is 0.462 e. The normalized spacial score (nSPS) is 12.3. The minimum absolute atomic E-state index is 0.121. The summed E-state index contributed by atoms with van der Waals surface area (Å²) in [6.45, 7) is 8.19. The highest BCUT2D eigenvalue weighted by atomic mass is 16.5. The molecule has 0 rings (SSSR count). The Morgan fingerprint density at radius 3 is 2.23 bits per heavy atom. The smallest absolute Gasteiger partial charge is 0.351 e. The van der Waals surface area contributed by atoms with Crippen LogP contribution < -0.4 is 5.43 Å². The SMILES string of the molecule is C=CC(CCCCCCCCCCC)N/N=C/C(=O)OCC. The van der Waals surface area contributed by atoms with Gasteiger partial charge in [-0.15, -0.1) is 6.58 Å². The summed E-state index contributed by atoms with van der Waals surface area (Å²) in [5, 5.41) is 3.90. The van der Waals surface area contributed by atoms with E-state index < -0.39 is 5.97 Å². The van der Waals surface area contributed by atoms with Crippen LogP contribution in [-0.4, -0.2) is 24.8 Å². The van der Waals surface area contributed by atoms with Crippen molar-refractivity contribution in [2.24, 2.45) is 5.10 Å². The maximum Gasteiger partial charge on any atom is 0.351 e. The fourth-order valence-corrected chi connectivity index (χ4v) is 2.28. The van der Waals surface area contributed by atoms with Gasteiger partial charge in [0.05, 0.1) is 12.6 Å². The van der Waals surface area contributed by atoms with Crippen LogP contribution in [0.4, 0.5) is 0 Å². The zero-order chi connectivity index (χ0) is 16.5. The second-order valence-electron chi connectivity index (χ2n) is 5.60. The molecule has 1 N–H and O–H groups in total. The first-order chi connectivity index (χ1) is 10.7. The molecule has 0 amide bonds. The average Bonchev–Trinajstić information content (AvgIpc) is 2.51. The lowest BCUT2D eigenvalue weighted by Crippen LogP contribution is -2.22. The fraction of sp³-hybridized carbons (Fsp3) is 0.778. The Bertz CT molecular complexity index is 303. The summed E-state index contributed by atoms with van der Waals surface area (Å²) in [6, 6.07) is 0.121. The molecule has 0 fully saturated rings. The zero-order valence-electron chi connectivity index (χ0n) is 14.5. The lowest BCUT2D eigenvalue weighted by Gasteiger charge is -2.11. The number of hydrogen-bond donors (Lipinski definition) is 1. The lowest BCUT2D eigenvalue weighted by molar-refractivity contribution is -0.134. The number of carbonyl (C=O) groups excluding carboxylic acids is 1. The number of rotatable bonds is 15. The molecule has 0 saturated heterocycles. The van der Waals surface area contributed by atoms with E-state index in [1.807, 2.05) is 6.08 Å². The van der Waals surface area contributed by atoms with Crippen molar-refractivity contribution in [1.29, 1.82) is 0 Å². The van der Waals surface area contributed by atoms with Gasteiger partial charge >= 0.3 is 5.97 Å². The predicted octanol–water partition coefficient (Wildman–Crippen LogP) is 4.60. The van der Waals surface area contributed by atoms with Gasteiger partial charge in [0.1, 0.15) is 6.21 Å². The molecular weight excluding hydrogens is 276 g/mol. The first-order valence-electron chi connectivity index (χ1n) is 8.82. The highest BCUT2D eigenvalue weighted by molar-refractivity contribution is 6.23. The molecule has 4 nitrogen and oxygen atoms in total. The lowest BCUT2D eigenvalue weighted by atomic mass is 10.0. The number of hydrogen-bond acceptors (Lipinski definition) is 4. The number of carbonyl (C=O) groups is 1. The molecular formula is C18H34N2O2. The summed E-state index contributed by atoms with van der Waals surface area (Å²) >= 11 is 0. The van der Waals surface area contributed by atoms with Gasteiger partial charge in [-0.1, -0.05) is 70.8 Å². The van der Waals surface area contributed by atoms with E-state index in [0.29, 0.717) is 6.61 Å². The number of nitrogens with zero attached hydrogens (tertiary/aromatic N) is 1. The van der Waals surface area contributed by atoms with Gasteiger partial charge in [0.2, 0.25) is 0 Å². The van der Waals surface area contributed by atoms with Crippen molar-refractivity contribution >= 4 is 12.2 Å². The zero-order valence-corrected chi connectivity index (χ0v) is 14.5. The molecule has 0 aliphatic carbocycles. The maximum absolute atomic E-state index is 11.1. The minimum atomic E-state index is -0.416. The van der Waals surface area contributed by atoms with Gasteiger partial charge in [0.25, 0.3) is 0 Å². The number of nitrogens with one attached hydrogen (secondary N) is 1. The Morgan fingerprint density at radius 1 is 1.09 bits per heavy atom. The Labute approximate surface area is 136 Å². The molecule has 0 spiro atoms. The third kappa shape index (κ3) is 13.7. The van der Waals surface area contributed by atoms with Crippen molar-refractivity contribution in [3.8, 4) is 0 Å². The monoisotopic (exact) mass is 310 g/mol. The number of ether oxygens (including phenoxy) is 1. The molecule has 4 heteroatoms. The third-order valence-corrected chi connectivity index (χ3v) is 3.60. The van der Waals surface area contributed by atoms with E-state index in [0.717, 1.165) is 12.8 Å². The molecule has 22 heavy (non-hydrogen) atoms. The number of hydrazone groups is 1. The van der Waals surface area contributed by atoms with Crippen molar-refractivity contribution in [3.05, 3.63) is 12.7 Å². The summed E-state index contributed by atoms with van der Waals surface area (Å²) in [5.74, 6) is -0.416. The second kappa shape index (κ2) is 16.1. The quantitative estimate of drug-likeness (QED) is 0.158. The molecule has 128 valence electrons. The second-order valence-corrected chi connectivity index (χ2v) is 5.60. The molecule has 1 atom stereocenters. The first-order valence-corrected chi connectivity index (χ1v) is 8.82. The number of esters is 1. The van der Waals surface area contributed by atoms with E-state index >= 15 is 0 Å². The Hall–Kier alpha value is -1.32. The fourth-order valence-electron chi connectivity index (χ4n) is 2.28. The van der Waals surface area contributed by atoms with Crippen molar-refractivity contribution in [2.45, 2.75) is 84.1 Å². The van der Waals surface area contributed by atoms with Crippen LogP contribution in [0.15, 0.2) is 17.8 Å². The van der Waals surface area contributed by atoms with Gasteiger partial charge in [-0.25, -0.2) is 4.79 Å². The van der Waals surface area contributed by atoms with E-state index in [2.05, 4.69) is 24.0 Å². The summed E-state index contributed by atoms with van der Waals surface area (Å²) in [5.41, 5.74) is 2.93. The highest BCUT2D eigenvalue weighted by Crippen LogP contribution is 2.11. The predicted molar refractivity (Wildman–Crippen MR) is 94.1 cm³/mol. The van der Waals surface area contributed by atoms with E-state index in [9.17, 15) is 4.79 Å². The van der Waals surface area contributed by atoms with Crippen LogP contribution in [0.1, 0.15) is 78.1 Å². The Balaban J connectivity index is 3.53. The molecule has 0 aliphatic rings. The summed E-state index contributed by atoms with van der Waals surface area (Å²) in [4.78, 5) is 11.1. The van der Waals surface area contributed by atoms with E-state index in [4.69, 9.17) is 4.74 Å². The third-order valence-electron chi connectivity index (χ3n) is 3.60. The maximum atomic E-state index is 11.1. The summed E-state index contributed by atoms with van der Waals surface area (Å²) in [7, 11) is 0. The van der Waals surface area contributed by atoms with Crippen LogP contribution in [-0.2, 0) is 9.53 Å². The Morgan fingerprint density at radius 2 is 1.68 bits per heavy atom. The van der Waals surface area contributed by atoms with Crippen molar-refractivity contribution in [1.82, 2.24) is 5.43 Å². The molecule has 1 unspecified atom stereocenters. The van der Waals surface area contributed by atoms with Crippen LogP contribution in [0.25, 0.3) is 0 Å². The van der Waals surface area contributed by atoms with Gasteiger partial charge < -0.3 is 10.2 Å². The molecule has 0 aliphatic heterocycles. The van der Waals surface area contributed by atoms with Gasteiger partial charge in [-0.3, -0.25) is 0 Å². The molecule has 0 saturated carbocycles. The highest BCUT2D eigenvalue weighted by Gasteiger charge is 2.02. The van der Waals surface area contributed by atoms with Gasteiger partial charge in [0, 0.05) is 0 Å². The first kappa shape index (κ1) is 20.7.